The average molecular weight is 388 g/mol. The quantitative estimate of drug-likeness (QED) is 0.733. The third kappa shape index (κ3) is 4.29. The van der Waals surface area contributed by atoms with E-state index >= 15 is 0 Å². The topological polar surface area (TPSA) is 63.7 Å². The van der Waals surface area contributed by atoms with Crippen LogP contribution in [0.4, 0.5) is 0 Å². The van der Waals surface area contributed by atoms with Crippen molar-refractivity contribution in [2.24, 2.45) is 0 Å². The molecule has 6 heteroatoms. The third-order valence-electron chi connectivity index (χ3n) is 4.90. The number of carbonyl (C=O) groups is 1. The van der Waals surface area contributed by atoms with Crippen molar-refractivity contribution in [2.45, 2.75) is 37.7 Å². The number of sulfonamides is 1. The molecule has 0 spiro atoms. The number of ether oxygens (including phenoxy) is 1. The molecule has 1 atom stereocenters. The molecular formula is C21H25NO4S. The minimum atomic E-state index is -3.62. The van der Waals surface area contributed by atoms with Crippen LogP contribution in [0.3, 0.4) is 0 Å². The molecule has 144 valence electrons. The molecule has 0 saturated carbocycles. The highest BCUT2D eigenvalue weighted by molar-refractivity contribution is 7.89. The summed E-state index contributed by atoms with van der Waals surface area (Å²) in [5, 5.41) is 0. The van der Waals surface area contributed by atoms with Crippen molar-refractivity contribution in [3.8, 4) is 0 Å². The Labute approximate surface area is 161 Å². The summed E-state index contributed by atoms with van der Waals surface area (Å²) in [5.41, 5.74) is 2.72. The first-order chi connectivity index (χ1) is 12.8. The van der Waals surface area contributed by atoms with E-state index in [4.69, 9.17) is 4.74 Å². The van der Waals surface area contributed by atoms with Gasteiger partial charge in [-0.2, -0.15) is 4.31 Å². The van der Waals surface area contributed by atoms with Gasteiger partial charge in [0.2, 0.25) is 10.0 Å². The van der Waals surface area contributed by atoms with Crippen LogP contribution in [-0.4, -0.2) is 38.2 Å². The zero-order valence-corrected chi connectivity index (χ0v) is 16.7. The van der Waals surface area contributed by atoms with Gasteiger partial charge in [-0.05, 0) is 36.1 Å². The highest BCUT2D eigenvalue weighted by atomic mass is 32.2. The van der Waals surface area contributed by atoms with Gasteiger partial charge >= 0.3 is 0 Å². The summed E-state index contributed by atoms with van der Waals surface area (Å²) in [6.07, 6.45) is -0.286. The van der Waals surface area contributed by atoms with Gasteiger partial charge in [0.15, 0.2) is 5.78 Å². The van der Waals surface area contributed by atoms with Gasteiger partial charge in [-0.1, -0.05) is 50.2 Å². The van der Waals surface area contributed by atoms with Gasteiger partial charge in [0.05, 0.1) is 17.6 Å². The zero-order valence-electron chi connectivity index (χ0n) is 15.9. The number of ketones is 1. The smallest absolute Gasteiger partial charge is 0.243 e. The molecule has 1 fully saturated rings. The van der Waals surface area contributed by atoms with Crippen molar-refractivity contribution in [2.75, 3.05) is 19.7 Å². The van der Waals surface area contributed by atoms with Crippen LogP contribution in [0.15, 0.2) is 53.4 Å². The summed E-state index contributed by atoms with van der Waals surface area (Å²) >= 11 is 0. The van der Waals surface area contributed by atoms with Gasteiger partial charge in [-0.15, -0.1) is 0 Å². The lowest BCUT2D eigenvalue weighted by Crippen LogP contribution is -2.42. The van der Waals surface area contributed by atoms with Crippen molar-refractivity contribution >= 4 is 15.8 Å². The third-order valence-corrected chi connectivity index (χ3v) is 6.78. The molecule has 0 aliphatic carbocycles. The Bertz CT molecular complexity index is 902. The first kappa shape index (κ1) is 19.7. The van der Waals surface area contributed by atoms with Gasteiger partial charge < -0.3 is 4.74 Å². The van der Waals surface area contributed by atoms with E-state index in [1.165, 1.54) is 28.9 Å². The van der Waals surface area contributed by atoms with Crippen LogP contribution in [0.2, 0.25) is 0 Å². The molecule has 0 N–H and O–H groups in total. The molecule has 27 heavy (non-hydrogen) atoms. The second-order valence-corrected chi connectivity index (χ2v) is 9.06. The number of hydrogen-bond donors (Lipinski definition) is 0. The molecule has 1 unspecified atom stereocenters. The number of carbonyl (C=O) groups excluding carboxylic acids is 1. The van der Waals surface area contributed by atoms with Crippen molar-refractivity contribution in [3.05, 3.63) is 65.2 Å². The van der Waals surface area contributed by atoms with Crippen LogP contribution in [0.5, 0.6) is 0 Å². The average Bonchev–Trinajstić information content (AvgIpc) is 2.68. The first-order valence-electron chi connectivity index (χ1n) is 9.11. The summed E-state index contributed by atoms with van der Waals surface area (Å²) < 4.78 is 33.2. The van der Waals surface area contributed by atoms with Crippen molar-refractivity contribution in [3.63, 3.8) is 0 Å². The minimum Gasteiger partial charge on any atom is -0.371 e. The predicted molar refractivity (Wildman–Crippen MR) is 104 cm³/mol. The molecule has 1 saturated heterocycles. The summed E-state index contributed by atoms with van der Waals surface area (Å²) in [6, 6.07) is 14.3. The molecule has 3 rings (SSSR count). The lowest BCUT2D eigenvalue weighted by molar-refractivity contribution is -0.00256. The Morgan fingerprint density at radius 1 is 1.07 bits per heavy atom. The molecule has 0 radical (unpaired) electrons. The Morgan fingerprint density at radius 2 is 1.70 bits per heavy atom. The summed E-state index contributed by atoms with van der Waals surface area (Å²) in [4.78, 5) is 11.6. The van der Waals surface area contributed by atoms with E-state index in [2.05, 4.69) is 26.0 Å². The second kappa shape index (κ2) is 7.92. The maximum absolute atomic E-state index is 13.0. The predicted octanol–water partition coefficient (Wildman–Crippen LogP) is 3.77. The van der Waals surface area contributed by atoms with E-state index in [-0.39, 0.29) is 23.3 Å². The summed E-state index contributed by atoms with van der Waals surface area (Å²) in [5.74, 6) is 0.358. The van der Waals surface area contributed by atoms with E-state index in [0.29, 0.717) is 24.6 Å². The Morgan fingerprint density at radius 3 is 2.26 bits per heavy atom. The van der Waals surface area contributed by atoms with Crippen molar-refractivity contribution in [1.29, 1.82) is 0 Å². The molecule has 5 nitrogen and oxygen atoms in total. The van der Waals surface area contributed by atoms with E-state index < -0.39 is 10.0 Å². The fourth-order valence-corrected chi connectivity index (χ4v) is 4.58. The highest BCUT2D eigenvalue weighted by Crippen LogP contribution is 2.27. The molecule has 1 aliphatic heterocycles. The molecule has 2 aromatic carbocycles. The minimum absolute atomic E-state index is 0.0878. The Balaban J connectivity index is 1.79. The van der Waals surface area contributed by atoms with Crippen molar-refractivity contribution in [1.82, 2.24) is 4.31 Å². The normalized spacial score (nSPS) is 18.6. The molecule has 1 aliphatic rings. The fraction of sp³-hybridized carbons (Fsp3) is 0.381. The maximum atomic E-state index is 13.0. The van der Waals surface area contributed by atoms with Crippen LogP contribution >= 0.6 is 0 Å². The van der Waals surface area contributed by atoms with Crippen LogP contribution in [0.25, 0.3) is 0 Å². The standard InChI is InChI=1S/C21H25NO4S/c1-15(2)17-4-6-19(7-5-17)21-14-22(12-13-26-21)27(24,25)20-10-8-18(9-11-20)16(3)23/h4-11,15,21H,12-14H2,1-3H3. The van der Waals surface area contributed by atoms with Crippen LogP contribution in [0, 0.1) is 0 Å². The van der Waals surface area contributed by atoms with Crippen LogP contribution < -0.4 is 0 Å². The number of Topliss-reactive ketones (excluding diaryl/α,β-unsaturated/α-hetero) is 1. The second-order valence-electron chi connectivity index (χ2n) is 7.12. The largest absolute Gasteiger partial charge is 0.371 e. The van der Waals surface area contributed by atoms with Crippen LogP contribution in [-0.2, 0) is 14.8 Å². The van der Waals surface area contributed by atoms with E-state index in [1.54, 1.807) is 12.1 Å². The summed E-state index contributed by atoms with van der Waals surface area (Å²) in [7, 11) is -3.62. The number of benzene rings is 2. The summed E-state index contributed by atoms with van der Waals surface area (Å²) in [6.45, 7) is 6.67. The highest BCUT2D eigenvalue weighted by Gasteiger charge is 2.31. The molecule has 0 amide bonds. The molecular weight excluding hydrogens is 362 g/mol. The molecule has 0 bridgehead atoms. The number of morpholine rings is 1. The van der Waals surface area contributed by atoms with Gasteiger partial charge in [-0.3, -0.25) is 4.79 Å². The maximum Gasteiger partial charge on any atom is 0.243 e. The lowest BCUT2D eigenvalue weighted by Gasteiger charge is -2.32. The van der Waals surface area contributed by atoms with Crippen LogP contribution in [0.1, 0.15) is 54.3 Å². The fourth-order valence-electron chi connectivity index (χ4n) is 3.15. The molecule has 1 heterocycles. The van der Waals surface area contributed by atoms with Gasteiger partial charge in [-0.25, -0.2) is 8.42 Å². The Kier molecular flexibility index (Phi) is 5.79. The SMILES string of the molecule is CC(=O)c1ccc(S(=O)(=O)N2CCOC(c3ccc(C(C)C)cc3)C2)cc1. The van der Waals surface area contributed by atoms with Gasteiger partial charge in [0, 0.05) is 18.7 Å². The lowest BCUT2D eigenvalue weighted by atomic mass is 10.00. The van der Waals surface area contributed by atoms with Crippen molar-refractivity contribution < 1.29 is 17.9 Å². The Hall–Kier alpha value is -2.02. The zero-order chi connectivity index (χ0) is 19.6. The van der Waals surface area contributed by atoms with E-state index in [1.807, 2.05) is 12.1 Å². The van der Waals surface area contributed by atoms with Gasteiger partial charge in [0.1, 0.15) is 0 Å². The van der Waals surface area contributed by atoms with Gasteiger partial charge in [0.25, 0.3) is 0 Å². The van der Waals surface area contributed by atoms with E-state index in [9.17, 15) is 13.2 Å². The number of nitrogens with zero attached hydrogens (tertiary/aromatic N) is 1. The number of hydrogen-bond acceptors (Lipinski definition) is 4. The molecule has 2 aromatic rings. The monoisotopic (exact) mass is 387 g/mol. The van der Waals surface area contributed by atoms with E-state index in [0.717, 1.165) is 5.56 Å². The number of rotatable bonds is 5. The molecule has 0 aromatic heterocycles. The first-order valence-corrected chi connectivity index (χ1v) is 10.6.